The predicted octanol–water partition coefficient (Wildman–Crippen LogP) is 1.76. The Morgan fingerprint density at radius 1 is 1.83 bits per heavy atom. The van der Waals surface area contributed by atoms with E-state index in [1.807, 2.05) is 19.9 Å². The average molecular weight is 165 g/mol. The van der Waals surface area contributed by atoms with Gasteiger partial charge in [0.1, 0.15) is 0 Å². The van der Waals surface area contributed by atoms with Crippen LogP contribution in [0.2, 0.25) is 0 Å². The van der Waals surface area contributed by atoms with Gasteiger partial charge in [0.2, 0.25) is 0 Å². The van der Waals surface area contributed by atoms with Crippen LogP contribution >= 0.6 is 0 Å². The van der Waals surface area contributed by atoms with E-state index in [0.29, 0.717) is 0 Å². The quantitative estimate of drug-likeness (QED) is 0.510. The van der Waals surface area contributed by atoms with E-state index in [9.17, 15) is 0 Å². The maximum atomic E-state index is 8.55. The fourth-order valence-electron chi connectivity index (χ4n) is 0.830. The van der Waals surface area contributed by atoms with Crippen LogP contribution in [0.15, 0.2) is 24.6 Å². The number of hydrazine groups is 1. The summed E-state index contributed by atoms with van der Waals surface area (Å²) in [6.07, 6.45) is 4.16. The van der Waals surface area contributed by atoms with Gasteiger partial charge in [-0.05, 0) is 19.4 Å². The van der Waals surface area contributed by atoms with Crippen molar-refractivity contribution in [2.24, 2.45) is 11.8 Å². The van der Waals surface area contributed by atoms with Crippen LogP contribution in [0.1, 0.15) is 20.3 Å². The monoisotopic (exact) mass is 165 g/mol. The Morgan fingerprint density at radius 3 is 2.75 bits per heavy atom. The van der Waals surface area contributed by atoms with Crippen LogP contribution in [-0.4, -0.2) is 5.01 Å². The van der Waals surface area contributed by atoms with Gasteiger partial charge in [-0.15, -0.1) is 0 Å². The third-order valence-electron chi connectivity index (χ3n) is 1.54. The molecule has 3 nitrogen and oxygen atoms in total. The van der Waals surface area contributed by atoms with Gasteiger partial charge in [-0.3, -0.25) is 5.01 Å². The van der Waals surface area contributed by atoms with Crippen LogP contribution in [0.4, 0.5) is 0 Å². The number of nitrogens with two attached hydrogens (primary N) is 1. The number of hydrogen-bond acceptors (Lipinski definition) is 3. The highest BCUT2D eigenvalue weighted by Crippen LogP contribution is 2.08. The van der Waals surface area contributed by atoms with E-state index in [4.69, 9.17) is 11.1 Å². The van der Waals surface area contributed by atoms with E-state index in [0.717, 1.165) is 12.1 Å². The molecule has 0 fully saturated rings. The molecule has 0 aromatic heterocycles. The molecule has 2 N–H and O–H groups in total. The second-order valence-corrected chi connectivity index (χ2v) is 2.52. The zero-order chi connectivity index (χ0) is 9.56. The largest absolute Gasteiger partial charge is 0.292 e. The number of rotatable bonds is 4. The molecule has 0 amide bonds. The minimum absolute atomic E-state index is 0.106. The summed E-state index contributed by atoms with van der Waals surface area (Å²) < 4.78 is 0. The van der Waals surface area contributed by atoms with Crippen LogP contribution in [0.25, 0.3) is 0 Å². The molecule has 0 aliphatic carbocycles. The third-order valence-corrected chi connectivity index (χ3v) is 1.54. The lowest BCUT2D eigenvalue weighted by atomic mass is 10.1. The van der Waals surface area contributed by atoms with Crippen molar-refractivity contribution in [3.63, 3.8) is 0 Å². The van der Waals surface area contributed by atoms with Crippen molar-refractivity contribution in [3.8, 4) is 6.07 Å². The summed E-state index contributed by atoms with van der Waals surface area (Å²) in [5.74, 6) is 5.46. The Hall–Kier alpha value is -1.27. The maximum absolute atomic E-state index is 8.55. The summed E-state index contributed by atoms with van der Waals surface area (Å²) in [4.78, 5) is 0. The lowest BCUT2D eigenvalue weighted by Gasteiger charge is -2.16. The van der Waals surface area contributed by atoms with Crippen molar-refractivity contribution in [2.45, 2.75) is 20.3 Å². The molecule has 66 valence electrons. The molecule has 0 spiro atoms. The fourth-order valence-corrected chi connectivity index (χ4v) is 0.830. The van der Waals surface area contributed by atoms with Gasteiger partial charge >= 0.3 is 0 Å². The molecule has 1 unspecified atom stereocenters. The molecule has 0 bridgehead atoms. The molecular formula is C9H15N3. The molecule has 3 heteroatoms. The van der Waals surface area contributed by atoms with Crippen molar-refractivity contribution in [2.75, 3.05) is 0 Å². The van der Waals surface area contributed by atoms with Gasteiger partial charge in [0.05, 0.1) is 12.0 Å². The average Bonchev–Trinajstić information content (AvgIpc) is 2.12. The van der Waals surface area contributed by atoms with E-state index in [2.05, 4.69) is 12.6 Å². The molecule has 0 aliphatic rings. The molecule has 0 saturated carbocycles. The molecule has 0 rings (SSSR count). The summed E-state index contributed by atoms with van der Waals surface area (Å²) in [6, 6.07) is 2.12. The van der Waals surface area contributed by atoms with Crippen molar-refractivity contribution >= 4 is 0 Å². The van der Waals surface area contributed by atoms with Crippen LogP contribution in [0.5, 0.6) is 0 Å². The van der Waals surface area contributed by atoms with E-state index < -0.39 is 0 Å². The minimum Gasteiger partial charge on any atom is -0.292 e. The number of nitriles is 1. The Bertz CT molecular complexity index is 212. The maximum Gasteiger partial charge on any atom is 0.0695 e. The second kappa shape index (κ2) is 5.39. The Kier molecular flexibility index (Phi) is 4.82. The smallest absolute Gasteiger partial charge is 0.0695 e. The van der Waals surface area contributed by atoms with E-state index in [1.54, 1.807) is 0 Å². The number of nitrogens with zero attached hydrogens (tertiary/aromatic N) is 2. The SMILES string of the molecule is C=CN(N)/C(=C/C(C)C#N)CC. The summed E-state index contributed by atoms with van der Waals surface area (Å²) in [5, 5.41) is 9.99. The topological polar surface area (TPSA) is 53.0 Å². The second-order valence-electron chi connectivity index (χ2n) is 2.52. The fraction of sp³-hybridized carbons (Fsp3) is 0.444. The van der Waals surface area contributed by atoms with Crippen LogP contribution in [0.3, 0.4) is 0 Å². The van der Waals surface area contributed by atoms with E-state index in [-0.39, 0.29) is 5.92 Å². The summed E-state index contributed by atoms with van der Waals surface area (Å²) >= 11 is 0. The van der Waals surface area contributed by atoms with Gasteiger partial charge in [-0.25, -0.2) is 5.84 Å². The van der Waals surface area contributed by atoms with Crippen LogP contribution in [0, 0.1) is 17.2 Å². The van der Waals surface area contributed by atoms with Gasteiger partial charge in [0.15, 0.2) is 0 Å². The van der Waals surface area contributed by atoms with Crippen molar-refractivity contribution in [1.29, 1.82) is 5.26 Å². The van der Waals surface area contributed by atoms with Gasteiger partial charge in [-0.1, -0.05) is 13.5 Å². The number of allylic oxidation sites excluding steroid dienone is 2. The van der Waals surface area contributed by atoms with Gasteiger partial charge in [-0.2, -0.15) is 5.26 Å². The summed E-state index contributed by atoms with van der Waals surface area (Å²) in [5.41, 5.74) is 0.916. The summed E-state index contributed by atoms with van der Waals surface area (Å²) in [6.45, 7) is 7.35. The molecule has 0 aliphatic heterocycles. The first-order chi connectivity index (χ1) is 5.65. The first-order valence-electron chi connectivity index (χ1n) is 3.92. The van der Waals surface area contributed by atoms with Crippen molar-refractivity contribution < 1.29 is 0 Å². The van der Waals surface area contributed by atoms with Crippen LogP contribution < -0.4 is 5.84 Å². The lowest BCUT2D eigenvalue weighted by Crippen LogP contribution is -2.23. The first-order valence-corrected chi connectivity index (χ1v) is 3.92. The molecule has 0 radical (unpaired) electrons. The highest BCUT2D eigenvalue weighted by molar-refractivity contribution is 5.08. The predicted molar refractivity (Wildman–Crippen MR) is 49.4 cm³/mol. The van der Waals surface area contributed by atoms with Crippen LogP contribution in [-0.2, 0) is 0 Å². The Morgan fingerprint density at radius 2 is 2.42 bits per heavy atom. The van der Waals surface area contributed by atoms with Gasteiger partial charge in [0.25, 0.3) is 0 Å². The molecule has 0 aromatic rings. The minimum atomic E-state index is -0.106. The zero-order valence-corrected chi connectivity index (χ0v) is 7.62. The van der Waals surface area contributed by atoms with E-state index >= 15 is 0 Å². The molecule has 0 heterocycles. The van der Waals surface area contributed by atoms with Gasteiger partial charge in [0, 0.05) is 11.9 Å². The molecular weight excluding hydrogens is 150 g/mol. The third kappa shape index (κ3) is 3.22. The molecule has 0 saturated heterocycles. The van der Waals surface area contributed by atoms with Gasteiger partial charge < -0.3 is 0 Å². The molecule has 12 heavy (non-hydrogen) atoms. The normalized spacial score (nSPS) is 13.3. The standard InChI is InChI=1S/C9H15N3/c1-4-9(12(11)5-2)6-8(3)7-10/h5-6,8H,2,4,11H2,1,3H3/b9-6+. The molecule has 0 aromatic carbocycles. The highest BCUT2D eigenvalue weighted by atomic mass is 15.4. The van der Waals surface area contributed by atoms with Crippen molar-refractivity contribution in [1.82, 2.24) is 5.01 Å². The lowest BCUT2D eigenvalue weighted by molar-refractivity contribution is 0.472. The van der Waals surface area contributed by atoms with E-state index in [1.165, 1.54) is 11.2 Å². The van der Waals surface area contributed by atoms with Crippen molar-refractivity contribution in [3.05, 3.63) is 24.6 Å². The Labute approximate surface area is 73.7 Å². The highest BCUT2D eigenvalue weighted by Gasteiger charge is 2.01. The Balaban J connectivity index is 4.44. The summed E-state index contributed by atoms with van der Waals surface area (Å²) in [7, 11) is 0. The number of hydrogen-bond donors (Lipinski definition) is 1. The first kappa shape index (κ1) is 10.7. The molecule has 1 atom stereocenters. The zero-order valence-electron chi connectivity index (χ0n) is 7.62.